The molecule has 20 heavy (non-hydrogen) atoms. The van der Waals surface area contributed by atoms with E-state index >= 15 is 0 Å². The Morgan fingerprint density at radius 1 is 1.25 bits per heavy atom. The lowest BCUT2D eigenvalue weighted by atomic mass is 10.1. The van der Waals surface area contributed by atoms with E-state index in [1.54, 1.807) is 18.5 Å². The Morgan fingerprint density at radius 3 is 2.85 bits per heavy atom. The number of carbonyl (C=O) groups excluding carboxylic acids is 1. The van der Waals surface area contributed by atoms with Crippen molar-refractivity contribution in [1.29, 1.82) is 0 Å². The quantitative estimate of drug-likeness (QED) is 0.672. The van der Waals surface area contributed by atoms with Crippen molar-refractivity contribution in [2.24, 2.45) is 0 Å². The highest BCUT2D eigenvalue weighted by Gasteiger charge is 2.10. The summed E-state index contributed by atoms with van der Waals surface area (Å²) < 4.78 is 0. The summed E-state index contributed by atoms with van der Waals surface area (Å²) >= 11 is 0. The predicted molar refractivity (Wildman–Crippen MR) is 73.8 cm³/mol. The van der Waals surface area contributed by atoms with Gasteiger partial charge in [-0.2, -0.15) is 10.2 Å². The Labute approximate surface area is 115 Å². The fourth-order valence-corrected chi connectivity index (χ4v) is 1.85. The molecule has 2 aromatic heterocycles. The lowest BCUT2D eigenvalue weighted by molar-refractivity contribution is 0.0946. The number of carbonyl (C=O) groups is 1. The zero-order chi connectivity index (χ0) is 13.8. The first-order valence-electron chi connectivity index (χ1n) is 6.19. The van der Waals surface area contributed by atoms with Crippen LogP contribution in [-0.2, 0) is 6.54 Å². The molecule has 0 aliphatic heterocycles. The molecule has 0 saturated carbocycles. The maximum Gasteiger partial charge on any atom is 0.269 e. The number of nitrogens with one attached hydrogen (secondary N) is 3. The van der Waals surface area contributed by atoms with Crippen molar-refractivity contribution < 1.29 is 4.79 Å². The average Bonchev–Trinajstić information content (AvgIpc) is 3.17. The Hall–Kier alpha value is -2.89. The summed E-state index contributed by atoms with van der Waals surface area (Å²) in [5.41, 5.74) is 3.07. The number of hydrogen-bond donors (Lipinski definition) is 3. The predicted octanol–water partition coefficient (Wildman–Crippen LogP) is 1.73. The van der Waals surface area contributed by atoms with Crippen LogP contribution in [0.4, 0.5) is 0 Å². The summed E-state index contributed by atoms with van der Waals surface area (Å²) in [5, 5.41) is 16.2. The van der Waals surface area contributed by atoms with Crippen LogP contribution >= 0.6 is 0 Å². The van der Waals surface area contributed by atoms with E-state index in [0.717, 1.165) is 16.8 Å². The summed E-state index contributed by atoms with van der Waals surface area (Å²) in [6.45, 7) is 0.426. The SMILES string of the molecule is O=C(NCc1cn[nH]c1)c1cc(-c2ccccc2)n[nH]1. The fraction of sp³-hybridized carbons (Fsp3) is 0.0714. The van der Waals surface area contributed by atoms with Crippen LogP contribution in [-0.4, -0.2) is 26.3 Å². The van der Waals surface area contributed by atoms with E-state index < -0.39 is 0 Å². The number of amides is 1. The summed E-state index contributed by atoms with van der Waals surface area (Å²) in [6, 6.07) is 11.4. The number of aromatic nitrogens is 4. The first-order chi connectivity index (χ1) is 9.83. The van der Waals surface area contributed by atoms with Gasteiger partial charge in [0.1, 0.15) is 5.69 Å². The van der Waals surface area contributed by atoms with Gasteiger partial charge in [0.05, 0.1) is 11.9 Å². The van der Waals surface area contributed by atoms with Gasteiger partial charge in [0, 0.05) is 23.9 Å². The van der Waals surface area contributed by atoms with Crippen LogP contribution in [0.5, 0.6) is 0 Å². The zero-order valence-electron chi connectivity index (χ0n) is 10.6. The van der Waals surface area contributed by atoms with E-state index in [2.05, 4.69) is 25.7 Å². The van der Waals surface area contributed by atoms with Gasteiger partial charge in [0.15, 0.2) is 0 Å². The minimum atomic E-state index is -0.194. The third kappa shape index (κ3) is 2.59. The summed E-state index contributed by atoms with van der Waals surface area (Å²) in [7, 11) is 0. The van der Waals surface area contributed by atoms with Crippen LogP contribution in [0, 0.1) is 0 Å². The number of benzene rings is 1. The molecule has 3 N–H and O–H groups in total. The summed E-state index contributed by atoms with van der Waals surface area (Å²) in [4.78, 5) is 12.0. The molecule has 6 heteroatoms. The van der Waals surface area contributed by atoms with Crippen molar-refractivity contribution in [2.75, 3.05) is 0 Å². The smallest absolute Gasteiger partial charge is 0.269 e. The van der Waals surface area contributed by atoms with Crippen LogP contribution < -0.4 is 5.32 Å². The Bertz CT molecular complexity index is 687. The zero-order valence-corrected chi connectivity index (χ0v) is 10.6. The van der Waals surface area contributed by atoms with Gasteiger partial charge >= 0.3 is 0 Å². The highest BCUT2D eigenvalue weighted by atomic mass is 16.1. The van der Waals surface area contributed by atoms with Gasteiger partial charge < -0.3 is 5.32 Å². The topological polar surface area (TPSA) is 86.5 Å². The molecule has 0 aliphatic rings. The second kappa shape index (κ2) is 5.40. The van der Waals surface area contributed by atoms with Crippen LogP contribution in [0.15, 0.2) is 48.8 Å². The molecular formula is C14H13N5O. The largest absolute Gasteiger partial charge is 0.347 e. The molecule has 0 unspecified atom stereocenters. The molecule has 2 heterocycles. The standard InChI is InChI=1S/C14H13N5O/c20-14(15-7-10-8-16-17-9-10)13-6-12(18-19-13)11-4-2-1-3-5-11/h1-6,8-9H,7H2,(H,15,20)(H,16,17)(H,18,19). The molecule has 0 fully saturated rings. The van der Waals surface area contributed by atoms with E-state index in [1.807, 2.05) is 30.3 Å². The monoisotopic (exact) mass is 267 g/mol. The average molecular weight is 267 g/mol. The second-order valence-corrected chi connectivity index (χ2v) is 4.32. The third-order valence-electron chi connectivity index (χ3n) is 2.90. The van der Waals surface area contributed by atoms with E-state index in [1.165, 1.54) is 0 Å². The number of hydrogen-bond acceptors (Lipinski definition) is 3. The number of rotatable bonds is 4. The summed E-state index contributed by atoms with van der Waals surface area (Å²) in [5.74, 6) is -0.194. The molecule has 0 spiro atoms. The first-order valence-corrected chi connectivity index (χ1v) is 6.19. The van der Waals surface area contributed by atoms with Crippen molar-refractivity contribution in [1.82, 2.24) is 25.7 Å². The molecule has 0 saturated heterocycles. The van der Waals surface area contributed by atoms with Gasteiger partial charge in [-0.1, -0.05) is 30.3 Å². The van der Waals surface area contributed by atoms with Crippen LogP contribution in [0.2, 0.25) is 0 Å². The van der Waals surface area contributed by atoms with Crippen molar-refractivity contribution in [3.8, 4) is 11.3 Å². The molecule has 0 radical (unpaired) electrons. The highest BCUT2D eigenvalue weighted by molar-refractivity contribution is 5.93. The Morgan fingerprint density at radius 2 is 2.10 bits per heavy atom. The van der Waals surface area contributed by atoms with Gasteiger partial charge in [-0.15, -0.1) is 0 Å². The number of aromatic amines is 2. The van der Waals surface area contributed by atoms with Crippen LogP contribution in [0.1, 0.15) is 16.1 Å². The van der Waals surface area contributed by atoms with E-state index in [9.17, 15) is 4.79 Å². The van der Waals surface area contributed by atoms with Gasteiger partial charge in [0.2, 0.25) is 0 Å². The molecule has 100 valence electrons. The van der Waals surface area contributed by atoms with E-state index in [4.69, 9.17) is 0 Å². The normalized spacial score (nSPS) is 10.4. The molecule has 3 aromatic rings. The van der Waals surface area contributed by atoms with Crippen molar-refractivity contribution in [3.63, 3.8) is 0 Å². The van der Waals surface area contributed by atoms with Crippen molar-refractivity contribution in [2.45, 2.75) is 6.54 Å². The van der Waals surface area contributed by atoms with Gasteiger partial charge in [-0.05, 0) is 6.07 Å². The lowest BCUT2D eigenvalue weighted by Gasteiger charge is -2.00. The first kappa shape index (κ1) is 12.2. The molecule has 6 nitrogen and oxygen atoms in total. The second-order valence-electron chi connectivity index (χ2n) is 4.32. The highest BCUT2D eigenvalue weighted by Crippen LogP contribution is 2.16. The molecule has 0 bridgehead atoms. The molecule has 1 aromatic carbocycles. The molecular weight excluding hydrogens is 254 g/mol. The van der Waals surface area contributed by atoms with Crippen molar-refractivity contribution >= 4 is 5.91 Å². The molecule has 3 rings (SSSR count). The van der Waals surface area contributed by atoms with Gasteiger partial charge in [-0.25, -0.2) is 0 Å². The van der Waals surface area contributed by atoms with E-state index in [0.29, 0.717) is 12.2 Å². The molecule has 0 atom stereocenters. The van der Waals surface area contributed by atoms with Gasteiger partial charge in [0.25, 0.3) is 5.91 Å². The Balaban J connectivity index is 1.69. The van der Waals surface area contributed by atoms with E-state index in [-0.39, 0.29) is 5.91 Å². The van der Waals surface area contributed by atoms with Crippen molar-refractivity contribution in [3.05, 3.63) is 60.0 Å². The maximum absolute atomic E-state index is 12.0. The third-order valence-corrected chi connectivity index (χ3v) is 2.90. The summed E-state index contributed by atoms with van der Waals surface area (Å²) in [6.07, 6.45) is 3.41. The van der Waals surface area contributed by atoms with Crippen LogP contribution in [0.3, 0.4) is 0 Å². The maximum atomic E-state index is 12.0. The minimum absolute atomic E-state index is 0.194. The van der Waals surface area contributed by atoms with Gasteiger partial charge in [-0.3, -0.25) is 15.0 Å². The minimum Gasteiger partial charge on any atom is -0.347 e. The number of H-pyrrole nitrogens is 2. The Kier molecular flexibility index (Phi) is 3.28. The molecule has 1 amide bonds. The van der Waals surface area contributed by atoms with Crippen LogP contribution in [0.25, 0.3) is 11.3 Å². The number of nitrogens with zero attached hydrogens (tertiary/aromatic N) is 2. The lowest BCUT2D eigenvalue weighted by Crippen LogP contribution is -2.22. The molecule has 0 aliphatic carbocycles. The fourth-order valence-electron chi connectivity index (χ4n) is 1.85.